The van der Waals surface area contributed by atoms with Gasteiger partial charge in [-0.25, -0.2) is 9.97 Å². The van der Waals surface area contributed by atoms with Crippen molar-refractivity contribution in [2.75, 3.05) is 0 Å². The SMILES string of the molecule is Clc1ccc(-c2nc3c(c(-c4ccc(Cl)cc4)n2)-c2ccccc2CC3)cc1. The maximum atomic E-state index is 6.12. The van der Waals surface area contributed by atoms with Crippen molar-refractivity contribution in [3.63, 3.8) is 0 Å². The van der Waals surface area contributed by atoms with E-state index in [-0.39, 0.29) is 0 Å². The maximum Gasteiger partial charge on any atom is 0.160 e. The fourth-order valence-corrected chi connectivity index (χ4v) is 4.00. The van der Waals surface area contributed by atoms with Crippen molar-refractivity contribution < 1.29 is 0 Å². The number of nitrogens with zero attached hydrogens (tertiary/aromatic N) is 2. The normalized spacial score (nSPS) is 12.4. The zero-order valence-electron chi connectivity index (χ0n) is 15.0. The van der Waals surface area contributed by atoms with E-state index >= 15 is 0 Å². The lowest BCUT2D eigenvalue weighted by Gasteiger charge is -2.22. The highest BCUT2D eigenvalue weighted by molar-refractivity contribution is 6.30. The Kier molecular flexibility index (Phi) is 4.38. The molecule has 1 aliphatic carbocycles. The number of aryl methyl sites for hydroxylation is 2. The predicted molar refractivity (Wildman–Crippen MR) is 116 cm³/mol. The average molecular weight is 403 g/mol. The van der Waals surface area contributed by atoms with E-state index in [0.717, 1.165) is 46.7 Å². The average Bonchev–Trinajstić information content (AvgIpc) is 2.74. The van der Waals surface area contributed by atoms with Crippen molar-refractivity contribution in [3.05, 3.63) is 94.1 Å². The van der Waals surface area contributed by atoms with Crippen molar-refractivity contribution >= 4 is 23.2 Å². The van der Waals surface area contributed by atoms with Crippen LogP contribution in [0.15, 0.2) is 72.8 Å². The molecule has 136 valence electrons. The first-order chi connectivity index (χ1) is 13.7. The topological polar surface area (TPSA) is 25.8 Å². The van der Waals surface area contributed by atoms with E-state index in [1.165, 1.54) is 11.1 Å². The third-order valence-electron chi connectivity index (χ3n) is 5.12. The van der Waals surface area contributed by atoms with E-state index in [4.69, 9.17) is 33.2 Å². The van der Waals surface area contributed by atoms with Crippen molar-refractivity contribution in [1.82, 2.24) is 9.97 Å². The summed E-state index contributed by atoms with van der Waals surface area (Å²) in [7, 11) is 0. The molecular formula is C24H16Cl2N2. The van der Waals surface area contributed by atoms with Crippen LogP contribution in [0.25, 0.3) is 33.8 Å². The molecule has 5 rings (SSSR count). The molecule has 1 aromatic heterocycles. The van der Waals surface area contributed by atoms with E-state index in [1.54, 1.807) is 0 Å². The maximum absolute atomic E-state index is 6.12. The van der Waals surface area contributed by atoms with Gasteiger partial charge < -0.3 is 0 Å². The van der Waals surface area contributed by atoms with Crippen LogP contribution in [-0.2, 0) is 12.8 Å². The van der Waals surface area contributed by atoms with Gasteiger partial charge in [-0.05, 0) is 60.4 Å². The van der Waals surface area contributed by atoms with Crippen LogP contribution in [0.1, 0.15) is 11.3 Å². The molecule has 0 bridgehead atoms. The van der Waals surface area contributed by atoms with Gasteiger partial charge in [-0.15, -0.1) is 0 Å². The smallest absolute Gasteiger partial charge is 0.160 e. The first kappa shape index (κ1) is 17.4. The molecule has 0 aliphatic heterocycles. The van der Waals surface area contributed by atoms with Crippen molar-refractivity contribution in [2.24, 2.45) is 0 Å². The van der Waals surface area contributed by atoms with Gasteiger partial charge in [0.05, 0.1) is 11.4 Å². The molecule has 0 amide bonds. The monoisotopic (exact) mass is 402 g/mol. The number of hydrogen-bond acceptors (Lipinski definition) is 2. The standard InChI is InChI=1S/C24H16Cl2N2/c25-18-10-5-16(6-11-18)23-22-20-4-2-1-3-15(20)9-14-21(22)27-24(28-23)17-7-12-19(26)13-8-17/h1-8,10-13H,9,14H2. The summed E-state index contributed by atoms with van der Waals surface area (Å²) in [6, 6.07) is 24.1. The number of fused-ring (bicyclic) bond motifs is 3. The summed E-state index contributed by atoms with van der Waals surface area (Å²) < 4.78 is 0. The van der Waals surface area contributed by atoms with Gasteiger partial charge in [-0.1, -0.05) is 59.6 Å². The minimum absolute atomic E-state index is 0.702. The minimum atomic E-state index is 0.702. The molecule has 0 saturated heterocycles. The van der Waals surface area contributed by atoms with E-state index in [9.17, 15) is 0 Å². The van der Waals surface area contributed by atoms with E-state index in [1.807, 2.05) is 48.5 Å². The summed E-state index contributed by atoms with van der Waals surface area (Å²) in [6.07, 6.45) is 1.89. The fourth-order valence-electron chi connectivity index (χ4n) is 3.75. The predicted octanol–water partition coefficient (Wildman–Crippen LogP) is 6.88. The van der Waals surface area contributed by atoms with Crippen LogP contribution < -0.4 is 0 Å². The molecule has 0 fully saturated rings. The summed E-state index contributed by atoms with van der Waals surface area (Å²) in [6.45, 7) is 0. The van der Waals surface area contributed by atoms with Crippen LogP contribution in [0.2, 0.25) is 10.0 Å². The highest BCUT2D eigenvalue weighted by Gasteiger charge is 2.23. The first-order valence-corrected chi connectivity index (χ1v) is 9.96. The number of benzene rings is 3. The fraction of sp³-hybridized carbons (Fsp3) is 0.0833. The van der Waals surface area contributed by atoms with Crippen LogP contribution in [-0.4, -0.2) is 9.97 Å². The summed E-state index contributed by atoms with van der Waals surface area (Å²) >= 11 is 12.2. The zero-order chi connectivity index (χ0) is 19.1. The van der Waals surface area contributed by atoms with Gasteiger partial charge in [0.15, 0.2) is 5.82 Å². The van der Waals surface area contributed by atoms with Crippen molar-refractivity contribution in [2.45, 2.75) is 12.8 Å². The molecular weight excluding hydrogens is 387 g/mol. The van der Waals surface area contributed by atoms with Gasteiger partial charge in [0.1, 0.15) is 0 Å². The van der Waals surface area contributed by atoms with Gasteiger partial charge in [-0.3, -0.25) is 0 Å². The third kappa shape index (κ3) is 3.09. The molecule has 0 unspecified atom stereocenters. The lowest BCUT2D eigenvalue weighted by molar-refractivity contribution is 0.888. The third-order valence-corrected chi connectivity index (χ3v) is 5.63. The van der Waals surface area contributed by atoms with E-state index < -0.39 is 0 Å². The number of hydrogen-bond donors (Lipinski definition) is 0. The number of aromatic nitrogens is 2. The number of rotatable bonds is 2. The molecule has 0 N–H and O–H groups in total. The zero-order valence-corrected chi connectivity index (χ0v) is 16.5. The van der Waals surface area contributed by atoms with Crippen LogP contribution >= 0.6 is 23.2 Å². The Bertz CT molecular complexity index is 1170. The van der Waals surface area contributed by atoms with Crippen LogP contribution in [0, 0.1) is 0 Å². The molecule has 0 saturated carbocycles. The van der Waals surface area contributed by atoms with Crippen molar-refractivity contribution in [1.29, 1.82) is 0 Å². The molecule has 1 aliphatic rings. The second-order valence-electron chi connectivity index (χ2n) is 6.89. The van der Waals surface area contributed by atoms with Crippen LogP contribution in [0.4, 0.5) is 0 Å². The molecule has 28 heavy (non-hydrogen) atoms. The van der Waals surface area contributed by atoms with Gasteiger partial charge in [0.2, 0.25) is 0 Å². The molecule has 2 nitrogen and oxygen atoms in total. The van der Waals surface area contributed by atoms with E-state index in [0.29, 0.717) is 10.0 Å². The largest absolute Gasteiger partial charge is 0.232 e. The molecule has 0 radical (unpaired) electrons. The summed E-state index contributed by atoms with van der Waals surface area (Å²) in [5.74, 6) is 0.722. The second-order valence-corrected chi connectivity index (χ2v) is 7.76. The quantitative estimate of drug-likeness (QED) is 0.365. The summed E-state index contributed by atoms with van der Waals surface area (Å²) in [5, 5.41) is 1.42. The first-order valence-electron chi connectivity index (χ1n) is 9.20. The Balaban J connectivity index is 1.78. The number of halogens is 2. The minimum Gasteiger partial charge on any atom is -0.232 e. The molecule has 0 spiro atoms. The van der Waals surface area contributed by atoms with Gasteiger partial charge in [-0.2, -0.15) is 0 Å². The highest BCUT2D eigenvalue weighted by Crippen LogP contribution is 2.40. The Labute approximate surface area is 173 Å². The van der Waals surface area contributed by atoms with Crippen LogP contribution in [0.5, 0.6) is 0 Å². The Morgan fingerprint density at radius 2 is 1.29 bits per heavy atom. The highest BCUT2D eigenvalue weighted by atomic mass is 35.5. The summed E-state index contributed by atoms with van der Waals surface area (Å²) in [4.78, 5) is 9.92. The van der Waals surface area contributed by atoms with E-state index in [2.05, 4.69) is 24.3 Å². The lowest BCUT2D eigenvalue weighted by atomic mass is 9.86. The van der Waals surface area contributed by atoms with Crippen molar-refractivity contribution in [3.8, 4) is 33.8 Å². The second kappa shape index (κ2) is 7.05. The molecule has 4 heteroatoms. The summed E-state index contributed by atoms with van der Waals surface area (Å²) in [5.41, 5.74) is 7.71. The molecule has 4 aromatic rings. The van der Waals surface area contributed by atoms with Crippen LogP contribution in [0.3, 0.4) is 0 Å². The van der Waals surface area contributed by atoms with Gasteiger partial charge in [0.25, 0.3) is 0 Å². The molecule has 3 aromatic carbocycles. The molecule has 0 atom stereocenters. The molecule has 1 heterocycles. The Morgan fingerprint density at radius 3 is 2.00 bits per heavy atom. The van der Waals surface area contributed by atoms with Gasteiger partial charge in [0, 0.05) is 26.7 Å². The Hall–Kier alpha value is -2.68. The Morgan fingerprint density at radius 1 is 0.643 bits per heavy atom. The lowest BCUT2D eigenvalue weighted by Crippen LogP contribution is -2.10. The van der Waals surface area contributed by atoms with Gasteiger partial charge >= 0.3 is 0 Å².